The fraction of sp³-hybridized carbons (Fsp3) is 0.333. The van der Waals surface area contributed by atoms with Crippen molar-refractivity contribution in [2.24, 2.45) is 0 Å². The van der Waals surface area contributed by atoms with E-state index in [1.54, 1.807) is 0 Å². The molecular weight excluding hydrogens is 372 g/mol. The second-order valence-corrected chi connectivity index (χ2v) is 8.06. The zero-order valence-electron chi connectivity index (χ0n) is 16.3. The third kappa shape index (κ3) is 4.38. The molecule has 0 spiro atoms. The van der Waals surface area contributed by atoms with Crippen LogP contribution in [0.2, 0.25) is 0 Å². The van der Waals surface area contributed by atoms with E-state index in [0.717, 1.165) is 23.4 Å². The average molecular weight is 397 g/mol. The topological polar surface area (TPSA) is 63.4 Å². The van der Waals surface area contributed by atoms with Crippen LogP contribution in [0.4, 0.5) is 5.69 Å². The van der Waals surface area contributed by atoms with Crippen LogP contribution in [0.1, 0.15) is 17.4 Å². The predicted octanol–water partition coefficient (Wildman–Crippen LogP) is 3.89. The van der Waals surface area contributed by atoms with E-state index in [9.17, 15) is 0 Å². The van der Waals surface area contributed by atoms with E-state index < -0.39 is 0 Å². The molecule has 1 fully saturated rings. The zero-order valence-corrected chi connectivity index (χ0v) is 17.1. The van der Waals surface area contributed by atoms with Crippen LogP contribution in [-0.2, 0) is 4.74 Å². The van der Waals surface area contributed by atoms with Crippen LogP contribution in [0.5, 0.6) is 0 Å². The smallest absolute Gasteiger partial charge is 0.276 e. The summed E-state index contributed by atoms with van der Waals surface area (Å²) in [5, 5.41) is 12.3. The molecule has 28 heavy (non-hydrogen) atoms. The van der Waals surface area contributed by atoms with Gasteiger partial charge < -0.3 is 14.1 Å². The zero-order chi connectivity index (χ0) is 19.5. The molecule has 146 valence electrons. The summed E-state index contributed by atoms with van der Waals surface area (Å²) >= 11 is 1.53. The van der Waals surface area contributed by atoms with E-state index in [1.165, 1.54) is 23.0 Å². The molecule has 0 unspecified atom stereocenters. The minimum atomic E-state index is -0.0765. The van der Waals surface area contributed by atoms with Crippen molar-refractivity contribution in [3.8, 4) is 11.5 Å². The van der Waals surface area contributed by atoms with Gasteiger partial charge in [0.1, 0.15) is 6.23 Å². The lowest BCUT2D eigenvalue weighted by Crippen LogP contribution is -2.16. The molecule has 0 radical (unpaired) electrons. The second-order valence-electron chi connectivity index (χ2n) is 7.09. The molecule has 0 bridgehead atoms. The van der Waals surface area contributed by atoms with Gasteiger partial charge in [-0.2, -0.15) is 0 Å². The standard InChI is InChI=1S/C21H24N4O2S/c1-14-5-4-6-16(11-14)20-23-24-21(27-20)28-13-18-12-22-19(26-18)15-7-9-17(10-8-15)25(2)3/h4-11,18-19,22H,12-13H2,1-3H3/t18-,19-/m1/s1. The number of hydrogen-bond donors (Lipinski definition) is 1. The molecule has 0 amide bonds. The van der Waals surface area contributed by atoms with Gasteiger partial charge in [-0.25, -0.2) is 0 Å². The van der Waals surface area contributed by atoms with Crippen LogP contribution in [0.3, 0.4) is 0 Å². The second kappa shape index (κ2) is 8.34. The normalized spacial score (nSPS) is 19.1. The Morgan fingerprint density at radius 3 is 2.71 bits per heavy atom. The number of ether oxygens (including phenoxy) is 1. The molecule has 0 aliphatic carbocycles. The highest BCUT2D eigenvalue weighted by atomic mass is 32.2. The van der Waals surface area contributed by atoms with Crippen molar-refractivity contribution >= 4 is 17.4 Å². The van der Waals surface area contributed by atoms with Crippen molar-refractivity contribution in [1.29, 1.82) is 0 Å². The highest BCUT2D eigenvalue weighted by Crippen LogP contribution is 2.28. The first-order valence-electron chi connectivity index (χ1n) is 9.28. The van der Waals surface area contributed by atoms with Gasteiger partial charge in [-0.05, 0) is 36.8 Å². The largest absolute Gasteiger partial charge is 0.411 e. The van der Waals surface area contributed by atoms with Gasteiger partial charge in [-0.15, -0.1) is 10.2 Å². The van der Waals surface area contributed by atoms with E-state index in [4.69, 9.17) is 9.15 Å². The molecule has 1 aliphatic rings. The van der Waals surface area contributed by atoms with Gasteiger partial charge in [0.05, 0.1) is 6.10 Å². The molecule has 2 aromatic carbocycles. The number of aryl methyl sites for hydroxylation is 1. The summed E-state index contributed by atoms with van der Waals surface area (Å²) in [5.74, 6) is 1.31. The van der Waals surface area contributed by atoms with Gasteiger partial charge in [-0.1, -0.05) is 41.6 Å². The van der Waals surface area contributed by atoms with Crippen molar-refractivity contribution in [3.63, 3.8) is 0 Å². The van der Waals surface area contributed by atoms with Crippen LogP contribution in [0.15, 0.2) is 58.2 Å². The Balaban J connectivity index is 1.31. The number of hydrogen-bond acceptors (Lipinski definition) is 7. The van der Waals surface area contributed by atoms with Crippen molar-refractivity contribution < 1.29 is 9.15 Å². The van der Waals surface area contributed by atoms with Gasteiger partial charge in [0.25, 0.3) is 5.22 Å². The monoisotopic (exact) mass is 396 g/mol. The van der Waals surface area contributed by atoms with Crippen LogP contribution in [0.25, 0.3) is 11.5 Å². The lowest BCUT2D eigenvalue weighted by atomic mass is 10.1. The number of nitrogens with zero attached hydrogens (tertiary/aromatic N) is 3. The Kier molecular flexibility index (Phi) is 5.66. The number of thioether (sulfide) groups is 1. The molecule has 0 saturated carbocycles. The van der Waals surface area contributed by atoms with Crippen molar-refractivity contribution in [3.05, 3.63) is 59.7 Å². The highest BCUT2D eigenvalue weighted by molar-refractivity contribution is 7.99. The van der Waals surface area contributed by atoms with Crippen LogP contribution in [0, 0.1) is 6.92 Å². The number of anilines is 1. The predicted molar refractivity (Wildman–Crippen MR) is 112 cm³/mol. The maximum Gasteiger partial charge on any atom is 0.276 e. The van der Waals surface area contributed by atoms with E-state index >= 15 is 0 Å². The third-order valence-electron chi connectivity index (χ3n) is 4.64. The lowest BCUT2D eigenvalue weighted by molar-refractivity contribution is 0.0534. The van der Waals surface area contributed by atoms with E-state index in [-0.39, 0.29) is 12.3 Å². The molecule has 6 nitrogen and oxygen atoms in total. The molecule has 2 heterocycles. The minimum absolute atomic E-state index is 0.0765. The van der Waals surface area contributed by atoms with E-state index in [1.807, 2.05) is 45.3 Å². The van der Waals surface area contributed by atoms with Crippen LogP contribution >= 0.6 is 11.8 Å². The molecule has 1 aliphatic heterocycles. The summed E-state index contributed by atoms with van der Waals surface area (Å²) in [6.45, 7) is 2.84. The average Bonchev–Trinajstić information content (AvgIpc) is 3.36. The molecule has 7 heteroatoms. The maximum atomic E-state index is 6.14. The first-order valence-corrected chi connectivity index (χ1v) is 10.3. The summed E-state index contributed by atoms with van der Waals surface area (Å²) in [7, 11) is 4.07. The fourth-order valence-electron chi connectivity index (χ4n) is 3.10. The van der Waals surface area contributed by atoms with Crippen molar-refractivity contribution in [2.45, 2.75) is 24.5 Å². The van der Waals surface area contributed by atoms with Gasteiger partial charge in [-0.3, -0.25) is 5.32 Å². The lowest BCUT2D eigenvalue weighted by Gasteiger charge is -2.16. The summed E-state index contributed by atoms with van der Waals surface area (Å²) in [4.78, 5) is 2.08. The molecular formula is C21H24N4O2S. The first kappa shape index (κ1) is 19.0. The Bertz CT molecular complexity index is 926. The Labute approximate surface area is 169 Å². The molecule has 1 N–H and O–H groups in total. The first-order chi connectivity index (χ1) is 13.6. The van der Waals surface area contributed by atoms with Crippen molar-refractivity contribution in [1.82, 2.24) is 15.5 Å². The van der Waals surface area contributed by atoms with Gasteiger partial charge in [0, 0.05) is 37.6 Å². The molecule has 4 rings (SSSR count). The van der Waals surface area contributed by atoms with Gasteiger partial charge in [0.15, 0.2) is 0 Å². The fourth-order valence-corrected chi connectivity index (χ4v) is 3.86. The number of rotatable bonds is 6. The molecule has 1 aromatic heterocycles. The number of aromatic nitrogens is 2. The van der Waals surface area contributed by atoms with Crippen LogP contribution in [-0.4, -0.2) is 42.7 Å². The summed E-state index contributed by atoms with van der Waals surface area (Å²) in [6.07, 6.45) is 0.0187. The molecule has 3 aromatic rings. The van der Waals surface area contributed by atoms with E-state index in [0.29, 0.717) is 11.1 Å². The maximum absolute atomic E-state index is 6.14. The van der Waals surface area contributed by atoms with Gasteiger partial charge >= 0.3 is 0 Å². The van der Waals surface area contributed by atoms with Gasteiger partial charge in [0.2, 0.25) is 5.89 Å². The summed E-state index contributed by atoms with van der Waals surface area (Å²) in [6, 6.07) is 16.5. The van der Waals surface area contributed by atoms with Crippen molar-refractivity contribution in [2.75, 3.05) is 31.3 Å². The SMILES string of the molecule is Cc1cccc(-c2nnc(SC[C@H]3CN[C@@H](c4ccc(N(C)C)cc4)O3)o2)c1. The minimum Gasteiger partial charge on any atom is -0.411 e. The summed E-state index contributed by atoms with van der Waals surface area (Å²) < 4.78 is 11.9. The highest BCUT2D eigenvalue weighted by Gasteiger charge is 2.26. The Morgan fingerprint density at radius 1 is 1.14 bits per heavy atom. The Hall–Kier alpha value is -2.35. The van der Waals surface area contributed by atoms with Crippen LogP contribution < -0.4 is 10.2 Å². The number of nitrogens with one attached hydrogen (secondary N) is 1. The number of benzene rings is 2. The summed E-state index contributed by atoms with van der Waals surface area (Å²) in [5.41, 5.74) is 4.42. The molecule has 1 saturated heterocycles. The molecule has 2 atom stereocenters. The van der Waals surface area contributed by atoms with E-state index in [2.05, 4.69) is 44.7 Å². The quantitative estimate of drug-likeness (QED) is 0.634. The third-order valence-corrected chi connectivity index (χ3v) is 5.59. The Morgan fingerprint density at radius 2 is 1.96 bits per heavy atom.